The Morgan fingerprint density at radius 1 is 1.19 bits per heavy atom. The third kappa shape index (κ3) is 5.86. The Kier molecular flexibility index (Phi) is 8.58. The summed E-state index contributed by atoms with van der Waals surface area (Å²) in [6, 6.07) is -1.33. The summed E-state index contributed by atoms with van der Waals surface area (Å²) in [5.41, 5.74) is 1.41. The van der Waals surface area contributed by atoms with Gasteiger partial charge in [0.25, 0.3) is 29.5 Å². The Morgan fingerprint density at radius 2 is 1.90 bits per heavy atom. The maximum Gasteiger partial charge on any atom is 0.354 e. The van der Waals surface area contributed by atoms with Crippen LogP contribution in [-0.4, -0.2) is 120 Å². The molecule has 5 rings (SSSR count). The molecule has 2 aromatic rings. The number of aliphatic carboxylic acids is 2. The number of H-pyrrole nitrogens is 1. The summed E-state index contributed by atoms with van der Waals surface area (Å²) in [6.07, 6.45) is 1.30. The molecular formula is C27H27N9O11S. The molecule has 0 radical (unpaired) electrons. The van der Waals surface area contributed by atoms with Crippen LogP contribution in [0.5, 0.6) is 0 Å². The minimum Gasteiger partial charge on any atom is -0.478 e. The number of carboxylic acids is 2. The number of nitrogens with one attached hydrogen (secondary N) is 3. The van der Waals surface area contributed by atoms with Gasteiger partial charge in [-0.15, -0.1) is 11.3 Å². The van der Waals surface area contributed by atoms with E-state index in [0.717, 1.165) is 21.2 Å². The number of amides is 5. The van der Waals surface area contributed by atoms with E-state index in [1.165, 1.54) is 37.4 Å². The Labute approximate surface area is 272 Å². The van der Waals surface area contributed by atoms with Crippen molar-refractivity contribution < 1.29 is 48.6 Å². The molecule has 3 aliphatic heterocycles. The van der Waals surface area contributed by atoms with Crippen molar-refractivity contribution in [1.82, 2.24) is 35.5 Å². The number of imide groups is 1. The molecule has 0 aromatic carbocycles. The Hall–Kier alpha value is -5.96. The molecule has 48 heavy (non-hydrogen) atoms. The molecule has 5 heterocycles. The second-order valence-electron chi connectivity index (χ2n) is 11.1. The van der Waals surface area contributed by atoms with Crippen molar-refractivity contribution in [3.8, 4) is 0 Å². The van der Waals surface area contributed by atoms with Crippen molar-refractivity contribution in [2.24, 2.45) is 5.16 Å². The van der Waals surface area contributed by atoms with Gasteiger partial charge in [-0.3, -0.25) is 33.7 Å². The van der Waals surface area contributed by atoms with E-state index < -0.39 is 70.0 Å². The Morgan fingerprint density at radius 3 is 2.52 bits per heavy atom. The van der Waals surface area contributed by atoms with E-state index in [-0.39, 0.29) is 59.4 Å². The first-order valence-electron chi connectivity index (χ1n) is 14.0. The fraction of sp³-hybridized carbons (Fsp3) is 0.333. The highest BCUT2D eigenvalue weighted by molar-refractivity contribution is 7.13. The third-order valence-electron chi connectivity index (χ3n) is 7.47. The second-order valence-corrected chi connectivity index (χ2v) is 12.0. The number of hydrogen-bond donors (Lipinski definition) is 6. The summed E-state index contributed by atoms with van der Waals surface area (Å²) in [5, 5.41) is 31.1. The number of nitrogens with zero attached hydrogens (tertiary/aromatic N) is 5. The van der Waals surface area contributed by atoms with E-state index in [1.807, 2.05) is 0 Å². The summed E-state index contributed by atoms with van der Waals surface area (Å²) in [5.74, 6) is -7.42. The highest BCUT2D eigenvalue weighted by Crippen LogP contribution is 2.30. The molecule has 252 valence electrons. The zero-order valence-corrected chi connectivity index (χ0v) is 26.2. The summed E-state index contributed by atoms with van der Waals surface area (Å²) in [7, 11) is 0. The average Bonchev–Trinajstić information content (AvgIpc) is 3.75. The topological polar surface area (TPSA) is 287 Å². The van der Waals surface area contributed by atoms with Gasteiger partial charge in [-0.2, -0.15) is 0 Å². The molecule has 20 nitrogen and oxygen atoms in total. The number of nitrogen functional groups attached to an aromatic ring is 1. The molecule has 1 fully saturated rings. The quantitative estimate of drug-likeness (QED) is 0.0818. The fourth-order valence-electron chi connectivity index (χ4n) is 4.92. The van der Waals surface area contributed by atoms with E-state index in [1.54, 1.807) is 0 Å². The fourth-order valence-corrected chi connectivity index (χ4v) is 5.46. The number of aromatic nitrogens is 2. The van der Waals surface area contributed by atoms with Crippen LogP contribution >= 0.6 is 11.3 Å². The second kappa shape index (κ2) is 12.3. The van der Waals surface area contributed by atoms with Gasteiger partial charge in [-0.1, -0.05) is 5.16 Å². The molecule has 0 unspecified atom stereocenters. The molecular weight excluding hydrogens is 658 g/mol. The normalized spacial score (nSPS) is 17.9. The molecule has 7 N–H and O–H groups in total. The number of thiazole rings is 1. The molecule has 0 bridgehead atoms. The minimum atomic E-state index is -1.84. The molecule has 3 aliphatic rings. The number of carboxylic acid groups (broad SMARTS) is 2. The molecule has 0 aliphatic carbocycles. The highest BCUT2D eigenvalue weighted by Gasteiger charge is 2.50. The van der Waals surface area contributed by atoms with Gasteiger partial charge in [0, 0.05) is 36.8 Å². The van der Waals surface area contributed by atoms with E-state index in [4.69, 9.17) is 10.6 Å². The zero-order chi connectivity index (χ0) is 35.2. The van der Waals surface area contributed by atoms with E-state index in [9.17, 15) is 48.6 Å². The number of carbonyl (C=O) groups excluding carboxylic acids is 5. The average molecular weight is 686 g/mol. The summed E-state index contributed by atoms with van der Waals surface area (Å²) in [4.78, 5) is 113. The van der Waals surface area contributed by atoms with Gasteiger partial charge >= 0.3 is 11.9 Å². The van der Waals surface area contributed by atoms with E-state index in [0.29, 0.717) is 0 Å². The maximum absolute atomic E-state index is 13.3. The number of hydrazine groups is 1. The van der Waals surface area contributed by atoms with Gasteiger partial charge < -0.3 is 36.4 Å². The van der Waals surface area contributed by atoms with Gasteiger partial charge in [0.15, 0.2) is 22.0 Å². The van der Waals surface area contributed by atoms with Crippen LogP contribution in [0.4, 0.5) is 5.13 Å². The van der Waals surface area contributed by atoms with Gasteiger partial charge in [0.05, 0.1) is 12.1 Å². The lowest BCUT2D eigenvalue weighted by atomic mass is 10.1. The Bertz CT molecular complexity index is 1930. The van der Waals surface area contributed by atoms with Crippen molar-refractivity contribution in [3.05, 3.63) is 55.6 Å². The van der Waals surface area contributed by atoms with Crippen LogP contribution in [-0.2, 0) is 28.8 Å². The summed E-state index contributed by atoms with van der Waals surface area (Å²) in [6.45, 7) is 2.59. The number of pyridine rings is 1. The standard InChI is InChI=1S/C27H27N9O11S/c1-10-6-30-16-14(18(10)37)22(41)35(23(16)42)5-4-29-19(38)11-7-34-8-12(21(40)36(34)17(11)24(43)44)31-20(39)15(13-9-48-26(28)32-13)33-47-27(2,3)25(45)46/h6,9,12H,4-5,7-8H2,1-3H3,(H2,28,32)(H,29,38)(H,30,37)(H,31,39)(H,43,44)(H,45,46)/b33-15-/t12-/m0/s1. The summed E-state index contributed by atoms with van der Waals surface area (Å²) >= 11 is 0.955. The van der Waals surface area contributed by atoms with Crippen molar-refractivity contribution in [2.75, 3.05) is 31.9 Å². The SMILES string of the molecule is Cc1c[nH]c2c(c1=O)C(=O)N(CCNC(=O)C1=C(C(=O)O)N3C(=O)[C@@H](NC(=O)/C(=N\OC(C)(C)C(=O)O)c4csc(N)n4)CN3C1)C2=O. The number of nitrogens with two attached hydrogens (primary N) is 1. The number of aryl methyl sites for hydroxylation is 1. The molecule has 2 aromatic heterocycles. The molecule has 0 spiro atoms. The van der Waals surface area contributed by atoms with Crippen molar-refractivity contribution >= 4 is 63.7 Å². The van der Waals surface area contributed by atoms with Crippen LogP contribution in [0.15, 0.2) is 32.8 Å². The van der Waals surface area contributed by atoms with Crippen LogP contribution < -0.4 is 21.8 Å². The maximum atomic E-state index is 13.3. The Balaban J connectivity index is 1.27. The van der Waals surface area contributed by atoms with Gasteiger partial charge in [0.2, 0.25) is 5.60 Å². The monoisotopic (exact) mass is 685 g/mol. The number of rotatable bonds is 11. The smallest absolute Gasteiger partial charge is 0.354 e. The number of carbonyl (C=O) groups is 7. The number of anilines is 1. The minimum absolute atomic E-state index is 0.0580. The van der Waals surface area contributed by atoms with E-state index >= 15 is 0 Å². The van der Waals surface area contributed by atoms with Gasteiger partial charge in [0.1, 0.15) is 23.0 Å². The van der Waals surface area contributed by atoms with Crippen molar-refractivity contribution in [1.29, 1.82) is 0 Å². The molecule has 1 atom stereocenters. The van der Waals surface area contributed by atoms with Crippen LogP contribution in [0.1, 0.15) is 46.0 Å². The van der Waals surface area contributed by atoms with Gasteiger partial charge in [-0.05, 0) is 20.8 Å². The lowest BCUT2D eigenvalue weighted by molar-refractivity contribution is -0.161. The molecule has 0 saturated carbocycles. The number of aromatic amines is 1. The van der Waals surface area contributed by atoms with Crippen molar-refractivity contribution in [2.45, 2.75) is 32.4 Å². The number of hydrogen-bond acceptors (Lipinski definition) is 14. The summed E-state index contributed by atoms with van der Waals surface area (Å²) < 4.78 is 0. The van der Waals surface area contributed by atoms with Crippen molar-refractivity contribution in [3.63, 3.8) is 0 Å². The van der Waals surface area contributed by atoms with Crippen LogP contribution in [0.3, 0.4) is 0 Å². The lowest BCUT2D eigenvalue weighted by Gasteiger charge is -2.19. The van der Waals surface area contributed by atoms with Crippen LogP contribution in [0.25, 0.3) is 0 Å². The molecule has 1 saturated heterocycles. The predicted molar refractivity (Wildman–Crippen MR) is 161 cm³/mol. The van der Waals surface area contributed by atoms with Gasteiger partial charge in [-0.25, -0.2) is 24.6 Å². The largest absolute Gasteiger partial charge is 0.478 e. The first-order chi connectivity index (χ1) is 22.5. The molecule has 21 heteroatoms. The number of oxime groups is 1. The van der Waals surface area contributed by atoms with Crippen LogP contribution in [0.2, 0.25) is 0 Å². The first-order valence-corrected chi connectivity index (χ1v) is 14.8. The van der Waals surface area contributed by atoms with E-state index in [2.05, 4.69) is 25.8 Å². The zero-order valence-electron chi connectivity index (χ0n) is 25.4. The molecule has 5 amide bonds. The predicted octanol–water partition coefficient (Wildman–Crippen LogP) is -2.39. The third-order valence-corrected chi connectivity index (χ3v) is 8.14. The van der Waals surface area contributed by atoms with Crippen LogP contribution in [0, 0.1) is 6.92 Å². The number of fused-ring (bicyclic) bond motifs is 2. The highest BCUT2D eigenvalue weighted by atomic mass is 32.1. The first kappa shape index (κ1) is 33.4. The lowest BCUT2D eigenvalue weighted by Crippen LogP contribution is -2.46.